The van der Waals surface area contributed by atoms with Crippen molar-refractivity contribution in [2.75, 3.05) is 52.5 Å². The van der Waals surface area contributed by atoms with Gasteiger partial charge < -0.3 is 25.4 Å². The van der Waals surface area contributed by atoms with Crippen LogP contribution < -0.4 is 11.1 Å². The molecule has 2 aliphatic heterocycles. The van der Waals surface area contributed by atoms with Crippen LogP contribution in [0.4, 0.5) is 4.79 Å². The maximum atomic E-state index is 11.1. The number of nitrogens with two attached hydrogens (primary N) is 1. The van der Waals surface area contributed by atoms with Gasteiger partial charge in [-0.3, -0.25) is 0 Å². The molecule has 3 N–H and O–H groups in total. The summed E-state index contributed by atoms with van der Waals surface area (Å²) in [4.78, 5) is 12.8. The van der Waals surface area contributed by atoms with Crippen molar-refractivity contribution in [2.45, 2.75) is 19.8 Å². The average Bonchev–Trinajstić information content (AvgIpc) is 2.50. The number of ether oxygens (including phenoxy) is 2. The summed E-state index contributed by atoms with van der Waals surface area (Å²) >= 11 is 0. The van der Waals surface area contributed by atoms with E-state index in [1.165, 1.54) is 0 Å². The number of carbonyl (C=O) groups excluding carboxylic acids is 1. The summed E-state index contributed by atoms with van der Waals surface area (Å²) in [6.45, 7) is 8.23. The Morgan fingerprint density at radius 2 is 2.00 bits per heavy atom. The van der Waals surface area contributed by atoms with Crippen molar-refractivity contribution in [3.05, 3.63) is 0 Å². The number of nitrogens with one attached hydrogen (secondary N) is 1. The van der Waals surface area contributed by atoms with Gasteiger partial charge in [-0.15, -0.1) is 0 Å². The molecule has 2 fully saturated rings. The van der Waals surface area contributed by atoms with Crippen molar-refractivity contribution in [3.63, 3.8) is 0 Å². The number of rotatable bonds is 2. The molecule has 2 saturated heterocycles. The molecule has 1 amide bonds. The molecule has 6 nitrogen and oxygen atoms in total. The summed E-state index contributed by atoms with van der Waals surface area (Å²) in [6.07, 6.45) is 2.14. The predicted molar refractivity (Wildman–Crippen MR) is 74.1 cm³/mol. The number of amides is 1. The highest BCUT2D eigenvalue weighted by molar-refractivity contribution is 5.67. The van der Waals surface area contributed by atoms with E-state index in [4.69, 9.17) is 15.2 Å². The minimum absolute atomic E-state index is 0.186. The van der Waals surface area contributed by atoms with Gasteiger partial charge in [0.1, 0.15) is 0 Å². The minimum atomic E-state index is -0.186. The minimum Gasteiger partial charge on any atom is -0.450 e. The quantitative estimate of drug-likeness (QED) is 0.762. The molecule has 112 valence electrons. The summed E-state index contributed by atoms with van der Waals surface area (Å²) in [7, 11) is 0. The maximum absolute atomic E-state index is 11.1. The van der Waals surface area contributed by atoms with E-state index in [-0.39, 0.29) is 6.09 Å². The summed E-state index contributed by atoms with van der Waals surface area (Å²) in [6, 6.07) is 0. The van der Waals surface area contributed by atoms with Crippen LogP contribution in [0.3, 0.4) is 0 Å². The van der Waals surface area contributed by atoms with Crippen molar-refractivity contribution in [3.8, 4) is 0 Å². The Morgan fingerprint density at radius 1 is 1.37 bits per heavy atom. The first kappa shape index (κ1) is 16.2. The molecule has 0 saturated carbocycles. The largest absolute Gasteiger partial charge is 0.450 e. The molecule has 2 heterocycles. The lowest BCUT2D eigenvalue weighted by molar-refractivity contribution is 0.0688. The van der Waals surface area contributed by atoms with Gasteiger partial charge in [0.15, 0.2) is 0 Å². The Hall–Kier alpha value is -0.850. The van der Waals surface area contributed by atoms with E-state index in [0.29, 0.717) is 6.61 Å². The second kappa shape index (κ2) is 10.00. The normalized spacial score (nSPS) is 20.4. The van der Waals surface area contributed by atoms with Crippen molar-refractivity contribution in [1.29, 1.82) is 0 Å². The Bertz CT molecular complexity index is 239. The Labute approximate surface area is 115 Å². The fraction of sp³-hybridized carbons (Fsp3) is 0.923. The van der Waals surface area contributed by atoms with Crippen LogP contribution in [0, 0.1) is 5.92 Å². The first-order valence-corrected chi connectivity index (χ1v) is 7.18. The molecule has 6 heteroatoms. The fourth-order valence-corrected chi connectivity index (χ4v) is 2.04. The maximum Gasteiger partial charge on any atom is 0.409 e. The van der Waals surface area contributed by atoms with Crippen LogP contribution >= 0.6 is 0 Å². The van der Waals surface area contributed by atoms with E-state index < -0.39 is 0 Å². The highest BCUT2D eigenvalue weighted by Crippen LogP contribution is 2.11. The number of hydrogen-bond donors (Lipinski definition) is 2. The molecule has 0 radical (unpaired) electrons. The summed E-state index contributed by atoms with van der Waals surface area (Å²) in [5.74, 6) is 0.740. The number of nitrogens with zero attached hydrogens (tertiary/aromatic N) is 1. The van der Waals surface area contributed by atoms with Crippen LogP contribution in [0.1, 0.15) is 19.8 Å². The predicted octanol–water partition coefficient (Wildman–Crippen LogP) is 0.420. The third-order valence-corrected chi connectivity index (χ3v) is 3.32. The van der Waals surface area contributed by atoms with Gasteiger partial charge in [0, 0.05) is 39.4 Å². The van der Waals surface area contributed by atoms with E-state index in [1.54, 1.807) is 4.90 Å². The number of hydrogen-bond acceptors (Lipinski definition) is 5. The molecule has 2 rings (SSSR count). The molecule has 0 aromatic heterocycles. The van der Waals surface area contributed by atoms with Crippen molar-refractivity contribution >= 4 is 6.09 Å². The van der Waals surface area contributed by atoms with Gasteiger partial charge in [-0.2, -0.15) is 0 Å². The SMILES string of the molecule is CCOC(=O)N1CCNCC1.NCC1CCOCC1. The van der Waals surface area contributed by atoms with Crippen molar-refractivity contribution < 1.29 is 14.3 Å². The molecule has 0 bridgehead atoms. The van der Waals surface area contributed by atoms with E-state index in [2.05, 4.69) is 5.32 Å². The highest BCUT2D eigenvalue weighted by atomic mass is 16.6. The third-order valence-electron chi connectivity index (χ3n) is 3.32. The molecule has 0 aromatic carbocycles. The fourth-order valence-electron chi connectivity index (χ4n) is 2.04. The molecule has 0 aromatic rings. The molecular formula is C13H27N3O3. The van der Waals surface area contributed by atoms with Gasteiger partial charge in [-0.05, 0) is 32.2 Å². The van der Waals surface area contributed by atoms with Gasteiger partial charge in [-0.1, -0.05) is 0 Å². The van der Waals surface area contributed by atoms with E-state index in [9.17, 15) is 4.79 Å². The molecule has 0 unspecified atom stereocenters. The zero-order chi connectivity index (χ0) is 13.9. The van der Waals surface area contributed by atoms with Crippen molar-refractivity contribution in [1.82, 2.24) is 10.2 Å². The summed E-state index contributed by atoms with van der Waals surface area (Å²) in [5.41, 5.74) is 5.45. The van der Waals surface area contributed by atoms with Gasteiger partial charge in [0.05, 0.1) is 6.61 Å². The van der Waals surface area contributed by atoms with E-state index in [1.807, 2.05) is 6.92 Å². The zero-order valence-electron chi connectivity index (χ0n) is 11.9. The summed E-state index contributed by atoms with van der Waals surface area (Å²) < 4.78 is 9.99. The van der Waals surface area contributed by atoms with Gasteiger partial charge in [0.2, 0.25) is 0 Å². The lowest BCUT2D eigenvalue weighted by atomic mass is 10.0. The van der Waals surface area contributed by atoms with Crippen LogP contribution in [0.15, 0.2) is 0 Å². The number of carbonyl (C=O) groups is 1. The first-order valence-electron chi connectivity index (χ1n) is 7.18. The van der Waals surface area contributed by atoms with E-state index >= 15 is 0 Å². The Balaban J connectivity index is 0.000000200. The van der Waals surface area contributed by atoms with Gasteiger partial charge in [-0.25, -0.2) is 4.79 Å². The van der Waals surface area contributed by atoms with Gasteiger partial charge >= 0.3 is 6.09 Å². The lowest BCUT2D eigenvalue weighted by Gasteiger charge is -2.26. The standard InChI is InChI=1S/C7H14N2O2.C6H13NO/c1-2-11-7(10)9-5-3-8-4-6-9;7-5-6-1-3-8-4-2-6/h8H,2-6H2,1H3;6H,1-5,7H2. The van der Waals surface area contributed by atoms with Gasteiger partial charge in [0.25, 0.3) is 0 Å². The van der Waals surface area contributed by atoms with Crippen molar-refractivity contribution in [2.24, 2.45) is 11.7 Å². The van der Waals surface area contributed by atoms with Crippen LogP contribution in [-0.2, 0) is 9.47 Å². The first-order chi connectivity index (χ1) is 9.27. The topological polar surface area (TPSA) is 76.8 Å². The summed E-state index contributed by atoms with van der Waals surface area (Å²) in [5, 5.41) is 3.16. The second-order valence-corrected chi connectivity index (χ2v) is 4.73. The molecule has 0 spiro atoms. The van der Waals surface area contributed by atoms with Crippen LogP contribution in [0.2, 0.25) is 0 Å². The van der Waals surface area contributed by atoms with E-state index in [0.717, 1.165) is 64.7 Å². The van der Waals surface area contributed by atoms with Crippen LogP contribution in [0.5, 0.6) is 0 Å². The smallest absolute Gasteiger partial charge is 0.409 e. The monoisotopic (exact) mass is 273 g/mol. The molecular weight excluding hydrogens is 246 g/mol. The number of piperazine rings is 1. The molecule has 19 heavy (non-hydrogen) atoms. The molecule has 2 aliphatic rings. The average molecular weight is 273 g/mol. The third kappa shape index (κ3) is 6.75. The highest BCUT2D eigenvalue weighted by Gasteiger charge is 2.16. The lowest BCUT2D eigenvalue weighted by Crippen LogP contribution is -2.46. The molecule has 0 aliphatic carbocycles. The zero-order valence-corrected chi connectivity index (χ0v) is 11.9. The molecule has 0 atom stereocenters. The second-order valence-electron chi connectivity index (χ2n) is 4.73. The Morgan fingerprint density at radius 3 is 2.47 bits per heavy atom. The van der Waals surface area contributed by atoms with Crippen LogP contribution in [0.25, 0.3) is 0 Å². The van der Waals surface area contributed by atoms with Crippen LogP contribution in [-0.4, -0.2) is 63.5 Å². The Kier molecular flexibility index (Phi) is 8.53.